The highest BCUT2D eigenvalue weighted by atomic mass is 16.5. The highest BCUT2D eigenvalue weighted by Gasteiger charge is 2.38. The van der Waals surface area contributed by atoms with Crippen molar-refractivity contribution in [2.45, 2.75) is 26.3 Å². The molecule has 1 aromatic carbocycles. The molecule has 0 bridgehead atoms. The molecule has 1 fully saturated rings. The molecule has 0 spiro atoms. The SMILES string of the molecule is COc1ccc(N2CC(C(=O)N[C@@H](C(=O)O)C(C)C)CC2=O)c(OC)c1. The molecule has 2 amide bonds. The molecule has 2 rings (SSSR count). The summed E-state index contributed by atoms with van der Waals surface area (Å²) in [4.78, 5) is 37.6. The van der Waals surface area contributed by atoms with Gasteiger partial charge in [0, 0.05) is 19.0 Å². The summed E-state index contributed by atoms with van der Waals surface area (Å²) in [6, 6.07) is 4.08. The summed E-state index contributed by atoms with van der Waals surface area (Å²) in [5, 5.41) is 11.7. The summed E-state index contributed by atoms with van der Waals surface area (Å²) >= 11 is 0. The van der Waals surface area contributed by atoms with E-state index in [-0.39, 0.29) is 24.8 Å². The molecule has 1 heterocycles. The number of hydrogen-bond donors (Lipinski definition) is 2. The molecule has 2 N–H and O–H groups in total. The van der Waals surface area contributed by atoms with Crippen LogP contribution in [0.4, 0.5) is 5.69 Å². The van der Waals surface area contributed by atoms with Crippen LogP contribution in [0.2, 0.25) is 0 Å². The molecule has 8 heteroatoms. The highest BCUT2D eigenvalue weighted by molar-refractivity contribution is 6.01. The van der Waals surface area contributed by atoms with Gasteiger partial charge in [0.2, 0.25) is 11.8 Å². The average molecular weight is 364 g/mol. The summed E-state index contributed by atoms with van der Waals surface area (Å²) < 4.78 is 10.5. The Balaban J connectivity index is 2.16. The van der Waals surface area contributed by atoms with E-state index in [0.717, 1.165) is 0 Å². The van der Waals surface area contributed by atoms with E-state index < -0.39 is 23.8 Å². The lowest BCUT2D eigenvalue weighted by molar-refractivity contribution is -0.143. The number of amides is 2. The first kappa shape index (κ1) is 19.6. The Morgan fingerprint density at radius 3 is 2.50 bits per heavy atom. The first-order valence-electron chi connectivity index (χ1n) is 8.34. The maximum Gasteiger partial charge on any atom is 0.326 e. The molecular weight excluding hydrogens is 340 g/mol. The van der Waals surface area contributed by atoms with Gasteiger partial charge in [0.25, 0.3) is 0 Å². The number of rotatable bonds is 7. The van der Waals surface area contributed by atoms with Crippen LogP contribution in [-0.4, -0.2) is 49.7 Å². The zero-order chi connectivity index (χ0) is 19.4. The topological polar surface area (TPSA) is 105 Å². The smallest absolute Gasteiger partial charge is 0.326 e. The van der Waals surface area contributed by atoms with E-state index in [9.17, 15) is 19.5 Å². The second kappa shape index (κ2) is 8.07. The van der Waals surface area contributed by atoms with E-state index in [2.05, 4.69) is 5.32 Å². The van der Waals surface area contributed by atoms with E-state index in [0.29, 0.717) is 17.2 Å². The molecule has 1 saturated heterocycles. The average Bonchev–Trinajstić information content (AvgIpc) is 2.99. The fraction of sp³-hybridized carbons (Fsp3) is 0.500. The number of ether oxygens (including phenoxy) is 2. The lowest BCUT2D eigenvalue weighted by atomic mass is 10.0. The van der Waals surface area contributed by atoms with E-state index in [1.807, 2.05) is 0 Å². The predicted octanol–water partition coefficient (Wildman–Crippen LogP) is 1.28. The van der Waals surface area contributed by atoms with Crippen molar-refractivity contribution in [2.75, 3.05) is 25.7 Å². The normalized spacial score (nSPS) is 18.0. The van der Waals surface area contributed by atoms with E-state index in [1.54, 1.807) is 32.0 Å². The maximum absolute atomic E-state index is 12.4. The van der Waals surface area contributed by atoms with Crippen LogP contribution in [0.15, 0.2) is 18.2 Å². The molecule has 26 heavy (non-hydrogen) atoms. The van der Waals surface area contributed by atoms with Crippen molar-refractivity contribution in [3.63, 3.8) is 0 Å². The summed E-state index contributed by atoms with van der Waals surface area (Å²) in [6.07, 6.45) is 0.0193. The van der Waals surface area contributed by atoms with Gasteiger partial charge in [0.1, 0.15) is 17.5 Å². The number of aliphatic carboxylic acids is 1. The van der Waals surface area contributed by atoms with Gasteiger partial charge in [0.05, 0.1) is 25.8 Å². The summed E-state index contributed by atoms with van der Waals surface area (Å²) in [6.45, 7) is 3.60. The molecule has 142 valence electrons. The molecule has 1 unspecified atom stereocenters. The number of nitrogens with zero attached hydrogens (tertiary/aromatic N) is 1. The zero-order valence-corrected chi connectivity index (χ0v) is 15.3. The molecular formula is C18H24N2O6. The number of carbonyl (C=O) groups is 3. The third-order valence-corrected chi connectivity index (χ3v) is 4.40. The predicted molar refractivity (Wildman–Crippen MR) is 94.4 cm³/mol. The highest BCUT2D eigenvalue weighted by Crippen LogP contribution is 2.35. The van der Waals surface area contributed by atoms with Gasteiger partial charge in [-0.25, -0.2) is 4.79 Å². The molecule has 1 aliphatic rings. The van der Waals surface area contributed by atoms with Crippen LogP contribution in [-0.2, 0) is 14.4 Å². The standard InChI is InChI=1S/C18H24N2O6/c1-10(2)16(18(23)24)19-17(22)11-7-15(21)20(9-11)13-6-5-12(25-3)8-14(13)26-4/h5-6,8,10-11,16H,7,9H2,1-4H3,(H,19,22)(H,23,24)/t11?,16-/m1/s1. The van der Waals surface area contributed by atoms with Gasteiger partial charge in [-0.05, 0) is 18.1 Å². The summed E-state index contributed by atoms with van der Waals surface area (Å²) in [5.74, 6) is -1.57. The van der Waals surface area contributed by atoms with Crippen molar-refractivity contribution < 1.29 is 29.0 Å². The number of methoxy groups -OCH3 is 2. The van der Waals surface area contributed by atoms with Crippen molar-refractivity contribution in [2.24, 2.45) is 11.8 Å². The molecule has 0 radical (unpaired) electrons. The Kier molecular flexibility index (Phi) is 6.07. The third kappa shape index (κ3) is 4.07. The van der Waals surface area contributed by atoms with Crippen molar-refractivity contribution in [3.8, 4) is 11.5 Å². The number of benzene rings is 1. The summed E-state index contributed by atoms with van der Waals surface area (Å²) in [7, 11) is 3.02. The maximum atomic E-state index is 12.4. The monoisotopic (exact) mass is 364 g/mol. The number of carbonyl (C=O) groups excluding carboxylic acids is 2. The second-order valence-corrected chi connectivity index (χ2v) is 6.51. The Bertz CT molecular complexity index is 703. The largest absolute Gasteiger partial charge is 0.497 e. The van der Waals surface area contributed by atoms with Crippen molar-refractivity contribution in [1.82, 2.24) is 5.32 Å². The van der Waals surface area contributed by atoms with Crippen LogP contribution in [0.5, 0.6) is 11.5 Å². The number of carboxylic acids is 1. The Hall–Kier alpha value is -2.77. The second-order valence-electron chi connectivity index (χ2n) is 6.51. The minimum absolute atomic E-state index is 0.0193. The third-order valence-electron chi connectivity index (χ3n) is 4.40. The van der Waals surface area contributed by atoms with Crippen molar-refractivity contribution in [3.05, 3.63) is 18.2 Å². The number of nitrogens with one attached hydrogen (secondary N) is 1. The van der Waals surface area contributed by atoms with Gasteiger partial charge in [0.15, 0.2) is 0 Å². The fourth-order valence-electron chi connectivity index (χ4n) is 2.91. The lowest BCUT2D eigenvalue weighted by Crippen LogP contribution is -2.47. The van der Waals surface area contributed by atoms with E-state index >= 15 is 0 Å². The van der Waals surface area contributed by atoms with E-state index in [1.165, 1.54) is 19.1 Å². The molecule has 0 aliphatic carbocycles. The van der Waals surface area contributed by atoms with Crippen molar-refractivity contribution in [1.29, 1.82) is 0 Å². The van der Waals surface area contributed by atoms with Crippen LogP contribution >= 0.6 is 0 Å². The zero-order valence-electron chi connectivity index (χ0n) is 15.3. The van der Waals surface area contributed by atoms with Crippen LogP contribution < -0.4 is 19.7 Å². The van der Waals surface area contributed by atoms with E-state index in [4.69, 9.17) is 9.47 Å². The van der Waals surface area contributed by atoms with Crippen LogP contribution in [0.1, 0.15) is 20.3 Å². The number of hydrogen-bond acceptors (Lipinski definition) is 5. The Labute approximate surface area is 152 Å². The number of carboxylic acid groups (broad SMARTS) is 1. The van der Waals surface area contributed by atoms with Gasteiger partial charge >= 0.3 is 5.97 Å². The fourth-order valence-corrected chi connectivity index (χ4v) is 2.91. The van der Waals surface area contributed by atoms with Gasteiger partial charge in [-0.1, -0.05) is 13.8 Å². The molecule has 0 aromatic heterocycles. The molecule has 2 atom stereocenters. The quantitative estimate of drug-likeness (QED) is 0.755. The van der Waals surface area contributed by atoms with Gasteiger partial charge in [-0.15, -0.1) is 0 Å². The minimum Gasteiger partial charge on any atom is -0.497 e. The molecule has 8 nitrogen and oxygen atoms in total. The Morgan fingerprint density at radius 1 is 1.27 bits per heavy atom. The van der Waals surface area contributed by atoms with Crippen molar-refractivity contribution >= 4 is 23.5 Å². The molecule has 0 saturated carbocycles. The van der Waals surface area contributed by atoms with Gasteiger partial charge in [-0.2, -0.15) is 0 Å². The molecule has 1 aliphatic heterocycles. The Morgan fingerprint density at radius 2 is 1.96 bits per heavy atom. The number of anilines is 1. The minimum atomic E-state index is -1.09. The van der Waals surface area contributed by atoms with Crippen LogP contribution in [0.3, 0.4) is 0 Å². The van der Waals surface area contributed by atoms with Crippen LogP contribution in [0.25, 0.3) is 0 Å². The molecule has 1 aromatic rings. The van der Waals surface area contributed by atoms with Gasteiger partial charge < -0.3 is 24.8 Å². The first-order valence-corrected chi connectivity index (χ1v) is 8.34. The summed E-state index contributed by atoms with van der Waals surface area (Å²) in [5.41, 5.74) is 0.548. The van der Waals surface area contributed by atoms with Gasteiger partial charge in [-0.3, -0.25) is 9.59 Å². The lowest BCUT2D eigenvalue weighted by Gasteiger charge is -2.21. The first-order chi connectivity index (χ1) is 12.3. The van der Waals surface area contributed by atoms with Crippen LogP contribution in [0, 0.1) is 11.8 Å².